The Kier molecular flexibility index (Phi) is 6.24. The molecule has 164 valence electrons. The Morgan fingerprint density at radius 3 is 2.41 bits per heavy atom. The highest BCUT2D eigenvalue weighted by Gasteiger charge is 2.20. The average Bonchev–Trinajstić information content (AvgIpc) is 3.22. The highest BCUT2D eigenvalue weighted by atomic mass is 32.1. The topological polar surface area (TPSA) is 55.2 Å². The number of hydrogen-bond acceptors (Lipinski definition) is 4. The number of hydrogen-bond donors (Lipinski definition) is 0. The van der Waals surface area contributed by atoms with E-state index in [4.69, 9.17) is 0 Å². The van der Waals surface area contributed by atoms with Crippen LogP contribution in [0.4, 0.5) is 5.69 Å². The maximum absolute atomic E-state index is 13.7. The molecule has 0 saturated heterocycles. The molecular weight excluding hydrogens is 418 g/mol. The van der Waals surface area contributed by atoms with Crippen molar-refractivity contribution in [1.82, 2.24) is 9.55 Å². The van der Waals surface area contributed by atoms with E-state index in [1.54, 1.807) is 35.0 Å². The number of aryl methyl sites for hydroxylation is 4. The molecule has 4 rings (SSSR count). The summed E-state index contributed by atoms with van der Waals surface area (Å²) in [4.78, 5) is 34.7. The van der Waals surface area contributed by atoms with Crippen LogP contribution in [0.1, 0.15) is 45.2 Å². The number of nitrogens with zero attached hydrogens (tertiary/aromatic N) is 3. The molecule has 2 aromatic heterocycles. The first-order valence-corrected chi connectivity index (χ1v) is 11.7. The van der Waals surface area contributed by atoms with Gasteiger partial charge in [0.05, 0.1) is 17.6 Å². The van der Waals surface area contributed by atoms with E-state index in [-0.39, 0.29) is 11.5 Å². The molecule has 0 radical (unpaired) electrons. The fourth-order valence-electron chi connectivity index (χ4n) is 3.90. The summed E-state index contributed by atoms with van der Waals surface area (Å²) in [5.74, 6) is -0.0871. The third-order valence-electron chi connectivity index (χ3n) is 5.68. The molecule has 0 aliphatic heterocycles. The number of benzene rings is 2. The monoisotopic (exact) mass is 445 g/mol. The van der Waals surface area contributed by atoms with Crippen molar-refractivity contribution >= 4 is 34.0 Å². The summed E-state index contributed by atoms with van der Waals surface area (Å²) in [7, 11) is 0. The zero-order chi connectivity index (χ0) is 22.8. The van der Waals surface area contributed by atoms with Gasteiger partial charge in [0.1, 0.15) is 5.69 Å². The molecule has 0 atom stereocenters. The van der Waals surface area contributed by atoms with Gasteiger partial charge < -0.3 is 9.47 Å². The molecule has 0 fully saturated rings. The molecule has 0 aliphatic rings. The number of amides is 1. The van der Waals surface area contributed by atoms with E-state index in [1.807, 2.05) is 30.0 Å². The molecule has 6 heteroatoms. The largest absolute Gasteiger partial charge is 0.305 e. The highest BCUT2D eigenvalue weighted by Crippen LogP contribution is 2.25. The number of fused-ring (bicyclic) bond motifs is 1. The summed E-state index contributed by atoms with van der Waals surface area (Å²) >= 11 is 1.70. The SMILES string of the molecule is CCc1ccc(N(Cc2ccc(C)s2)C(=O)c2ccc3c(c2)nc(C)c(=O)n3CC)cc1. The van der Waals surface area contributed by atoms with Gasteiger partial charge in [-0.05, 0) is 75.2 Å². The number of aromatic nitrogens is 2. The summed E-state index contributed by atoms with van der Waals surface area (Å²) < 4.78 is 1.70. The summed E-state index contributed by atoms with van der Waals surface area (Å²) in [5, 5.41) is 0. The number of rotatable bonds is 6. The standard InChI is InChI=1S/C26H27N3O2S/c1-5-19-8-11-21(12-9-19)29(16-22-13-7-17(3)32-22)26(31)20-10-14-24-23(15-20)27-18(4)25(30)28(24)6-2/h7-15H,5-6,16H2,1-4H3. The van der Waals surface area contributed by atoms with Crippen LogP contribution in [0.2, 0.25) is 0 Å². The van der Waals surface area contributed by atoms with E-state index in [2.05, 4.69) is 43.1 Å². The second-order valence-corrected chi connectivity index (χ2v) is 9.25. The Bertz CT molecular complexity index is 1340. The Hall–Kier alpha value is -3.25. The second kappa shape index (κ2) is 9.09. The smallest absolute Gasteiger partial charge is 0.272 e. The van der Waals surface area contributed by atoms with Crippen molar-refractivity contribution in [2.45, 2.75) is 47.2 Å². The molecule has 32 heavy (non-hydrogen) atoms. The quantitative estimate of drug-likeness (QED) is 0.394. The van der Waals surface area contributed by atoms with Crippen molar-refractivity contribution in [2.75, 3.05) is 4.90 Å². The van der Waals surface area contributed by atoms with Gasteiger partial charge in [-0.1, -0.05) is 19.1 Å². The van der Waals surface area contributed by atoms with Crippen LogP contribution in [0.15, 0.2) is 59.4 Å². The van der Waals surface area contributed by atoms with Gasteiger partial charge in [-0.25, -0.2) is 4.98 Å². The third-order valence-corrected chi connectivity index (χ3v) is 6.67. The Balaban J connectivity index is 1.77. The minimum absolute atomic E-state index is 0.0871. The van der Waals surface area contributed by atoms with Crippen LogP contribution in [0.5, 0.6) is 0 Å². The number of thiophene rings is 1. The second-order valence-electron chi connectivity index (χ2n) is 7.87. The molecule has 0 unspecified atom stereocenters. The number of carbonyl (C=O) groups is 1. The molecule has 0 saturated carbocycles. The fourth-order valence-corrected chi connectivity index (χ4v) is 4.77. The summed E-state index contributed by atoms with van der Waals surface area (Å²) in [6.45, 7) is 8.89. The van der Waals surface area contributed by atoms with E-state index >= 15 is 0 Å². The molecule has 0 spiro atoms. The van der Waals surface area contributed by atoms with Gasteiger partial charge in [-0.3, -0.25) is 9.59 Å². The summed E-state index contributed by atoms with van der Waals surface area (Å²) in [6, 6.07) is 17.7. The summed E-state index contributed by atoms with van der Waals surface area (Å²) in [6.07, 6.45) is 0.952. The molecule has 2 aromatic carbocycles. The Morgan fingerprint density at radius 1 is 1.03 bits per heavy atom. The van der Waals surface area contributed by atoms with E-state index in [0.29, 0.717) is 29.9 Å². The number of carbonyl (C=O) groups excluding carboxylic acids is 1. The van der Waals surface area contributed by atoms with E-state index in [1.165, 1.54) is 10.4 Å². The van der Waals surface area contributed by atoms with Crippen molar-refractivity contribution in [3.05, 3.63) is 91.5 Å². The zero-order valence-corrected chi connectivity index (χ0v) is 19.7. The lowest BCUT2D eigenvalue weighted by Gasteiger charge is -2.23. The normalized spacial score (nSPS) is 11.1. The Morgan fingerprint density at radius 2 is 1.78 bits per heavy atom. The molecule has 0 N–H and O–H groups in total. The number of anilines is 1. The highest BCUT2D eigenvalue weighted by molar-refractivity contribution is 7.11. The molecule has 4 aromatic rings. The van der Waals surface area contributed by atoms with Crippen LogP contribution in [0, 0.1) is 13.8 Å². The molecule has 2 heterocycles. The van der Waals surface area contributed by atoms with Crippen molar-refractivity contribution in [2.24, 2.45) is 0 Å². The Labute approximate surface area is 192 Å². The van der Waals surface area contributed by atoms with Crippen LogP contribution in [-0.4, -0.2) is 15.5 Å². The maximum Gasteiger partial charge on any atom is 0.272 e. The van der Waals surface area contributed by atoms with Crippen LogP contribution in [0.25, 0.3) is 11.0 Å². The first kappa shape index (κ1) is 22.0. The third kappa shape index (κ3) is 4.23. The van der Waals surface area contributed by atoms with Gasteiger partial charge in [-0.15, -0.1) is 11.3 Å². The van der Waals surface area contributed by atoms with Gasteiger partial charge in [0, 0.05) is 27.5 Å². The van der Waals surface area contributed by atoms with Crippen LogP contribution < -0.4 is 10.5 Å². The minimum Gasteiger partial charge on any atom is -0.305 e. The van der Waals surface area contributed by atoms with Crippen LogP contribution >= 0.6 is 11.3 Å². The van der Waals surface area contributed by atoms with E-state index < -0.39 is 0 Å². The van der Waals surface area contributed by atoms with Crippen molar-refractivity contribution < 1.29 is 4.79 Å². The predicted octanol–water partition coefficient (Wildman–Crippen LogP) is 5.50. The van der Waals surface area contributed by atoms with E-state index in [9.17, 15) is 9.59 Å². The lowest BCUT2D eigenvalue weighted by Crippen LogP contribution is -2.30. The zero-order valence-electron chi connectivity index (χ0n) is 18.9. The first-order chi connectivity index (χ1) is 15.4. The van der Waals surface area contributed by atoms with Crippen molar-refractivity contribution in [3.8, 4) is 0 Å². The molecular formula is C26H27N3O2S. The van der Waals surface area contributed by atoms with Crippen molar-refractivity contribution in [3.63, 3.8) is 0 Å². The van der Waals surface area contributed by atoms with Gasteiger partial charge in [-0.2, -0.15) is 0 Å². The lowest BCUT2D eigenvalue weighted by molar-refractivity contribution is 0.0985. The molecule has 0 bridgehead atoms. The van der Waals surface area contributed by atoms with Crippen LogP contribution in [-0.2, 0) is 19.5 Å². The average molecular weight is 446 g/mol. The molecule has 0 aliphatic carbocycles. The van der Waals surface area contributed by atoms with Gasteiger partial charge in [0.15, 0.2) is 0 Å². The van der Waals surface area contributed by atoms with Gasteiger partial charge in [0.25, 0.3) is 11.5 Å². The maximum atomic E-state index is 13.7. The van der Waals surface area contributed by atoms with Crippen molar-refractivity contribution in [1.29, 1.82) is 0 Å². The van der Waals surface area contributed by atoms with Gasteiger partial charge in [0.2, 0.25) is 0 Å². The molecule has 1 amide bonds. The van der Waals surface area contributed by atoms with Gasteiger partial charge >= 0.3 is 0 Å². The van der Waals surface area contributed by atoms with Crippen LogP contribution in [0.3, 0.4) is 0 Å². The summed E-state index contributed by atoms with van der Waals surface area (Å²) in [5.41, 5.74) is 4.39. The minimum atomic E-state index is -0.0928. The van der Waals surface area contributed by atoms with E-state index in [0.717, 1.165) is 22.5 Å². The molecule has 5 nitrogen and oxygen atoms in total. The lowest BCUT2D eigenvalue weighted by atomic mass is 10.1. The fraction of sp³-hybridized carbons (Fsp3) is 0.269. The first-order valence-electron chi connectivity index (χ1n) is 10.9. The predicted molar refractivity (Wildman–Crippen MR) is 132 cm³/mol.